The van der Waals surface area contributed by atoms with Gasteiger partial charge >= 0.3 is 6.18 Å². The standard InChI is InChI=1S/C11H18F3N/c12-11(13,14)4-1-7-15-8-10(5-6-10)9-2-3-9/h9,15H,1-8H2. The van der Waals surface area contributed by atoms with Gasteiger partial charge in [0.15, 0.2) is 0 Å². The van der Waals surface area contributed by atoms with Crippen LogP contribution < -0.4 is 5.32 Å². The smallest absolute Gasteiger partial charge is 0.316 e. The maximum absolute atomic E-state index is 11.8. The van der Waals surface area contributed by atoms with E-state index in [4.69, 9.17) is 0 Å². The van der Waals surface area contributed by atoms with Crippen LogP contribution in [-0.4, -0.2) is 19.3 Å². The first kappa shape index (κ1) is 11.2. The van der Waals surface area contributed by atoms with E-state index in [1.807, 2.05) is 0 Å². The van der Waals surface area contributed by atoms with Crippen molar-refractivity contribution in [2.24, 2.45) is 11.3 Å². The zero-order valence-corrected chi connectivity index (χ0v) is 8.87. The number of hydrogen-bond donors (Lipinski definition) is 1. The van der Waals surface area contributed by atoms with E-state index in [0.717, 1.165) is 12.5 Å². The molecule has 0 unspecified atom stereocenters. The van der Waals surface area contributed by atoms with Crippen molar-refractivity contribution in [1.29, 1.82) is 0 Å². The lowest BCUT2D eigenvalue weighted by Crippen LogP contribution is -2.27. The third-order valence-corrected chi connectivity index (χ3v) is 3.63. The summed E-state index contributed by atoms with van der Waals surface area (Å²) in [5, 5.41) is 3.18. The maximum atomic E-state index is 11.8. The monoisotopic (exact) mass is 221 g/mol. The van der Waals surface area contributed by atoms with Crippen LogP contribution in [0.25, 0.3) is 0 Å². The number of nitrogens with one attached hydrogen (secondary N) is 1. The molecule has 1 N–H and O–H groups in total. The van der Waals surface area contributed by atoms with Crippen LogP contribution in [0.1, 0.15) is 38.5 Å². The normalized spacial score (nSPS) is 24.2. The average molecular weight is 221 g/mol. The van der Waals surface area contributed by atoms with Crippen molar-refractivity contribution in [1.82, 2.24) is 5.32 Å². The molecule has 0 atom stereocenters. The van der Waals surface area contributed by atoms with E-state index in [0.29, 0.717) is 12.0 Å². The van der Waals surface area contributed by atoms with E-state index >= 15 is 0 Å². The van der Waals surface area contributed by atoms with Crippen LogP contribution >= 0.6 is 0 Å². The molecule has 0 aromatic rings. The van der Waals surface area contributed by atoms with Crippen LogP contribution in [-0.2, 0) is 0 Å². The highest BCUT2D eigenvalue weighted by molar-refractivity contribution is 5.04. The molecule has 2 aliphatic carbocycles. The van der Waals surface area contributed by atoms with Crippen LogP contribution in [0.5, 0.6) is 0 Å². The molecule has 0 radical (unpaired) electrons. The highest BCUT2D eigenvalue weighted by Crippen LogP contribution is 2.60. The summed E-state index contributed by atoms with van der Waals surface area (Å²) in [7, 11) is 0. The Morgan fingerprint density at radius 2 is 1.87 bits per heavy atom. The molecule has 4 heteroatoms. The Kier molecular flexibility index (Phi) is 2.97. The van der Waals surface area contributed by atoms with Crippen molar-refractivity contribution in [3.8, 4) is 0 Å². The van der Waals surface area contributed by atoms with Gasteiger partial charge in [-0.2, -0.15) is 13.2 Å². The molecule has 1 nitrogen and oxygen atoms in total. The average Bonchev–Trinajstić information content (AvgIpc) is 2.97. The van der Waals surface area contributed by atoms with Crippen LogP contribution in [0.2, 0.25) is 0 Å². The number of alkyl halides is 3. The van der Waals surface area contributed by atoms with Crippen molar-refractivity contribution in [2.75, 3.05) is 13.1 Å². The van der Waals surface area contributed by atoms with Gasteiger partial charge in [-0.25, -0.2) is 0 Å². The molecule has 2 rings (SSSR count). The Morgan fingerprint density at radius 3 is 2.33 bits per heavy atom. The molecule has 0 aromatic heterocycles. The van der Waals surface area contributed by atoms with E-state index in [2.05, 4.69) is 5.32 Å². The summed E-state index contributed by atoms with van der Waals surface area (Å²) in [4.78, 5) is 0. The molecule has 0 bridgehead atoms. The Labute approximate surface area is 88.4 Å². The fourth-order valence-corrected chi connectivity index (χ4v) is 2.34. The summed E-state index contributed by atoms with van der Waals surface area (Å²) in [5.41, 5.74) is 0.498. The van der Waals surface area contributed by atoms with Gasteiger partial charge in [0.25, 0.3) is 0 Å². The minimum atomic E-state index is -3.99. The first-order valence-corrected chi connectivity index (χ1v) is 5.79. The second-order valence-electron chi connectivity index (χ2n) is 5.03. The van der Waals surface area contributed by atoms with E-state index in [1.54, 1.807) is 0 Å². The van der Waals surface area contributed by atoms with Crippen LogP contribution in [0.15, 0.2) is 0 Å². The summed E-state index contributed by atoms with van der Waals surface area (Å²) in [6.07, 6.45) is 0.804. The van der Waals surface area contributed by atoms with Crippen molar-refractivity contribution in [2.45, 2.75) is 44.7 Å². The van der Waals surface area contributed by atoms with Crippen LogP contribution in [0.3, 0.4) is 0 Å². The topological polar surface area (TPSA) is 12.0 Å². The highest BCUT2D eigenvalue weighted by atomic mass is 19.4. The largest absolute Gasteiger partial charge is 0.389 e. The van der Waals surface area contributed by atoms with Gasteiger partial charge in [-0.1, -0.05) is 0 Å². The summed E-state index contributed by atoms with van der Waals surface area (Å²) in [6, 6.07) is 0. The Bertz CT molecular complexity index is 216. The predicted molar refractivity (Wildman–Crippen MR) is 52.5 cm³/mol. The Morgan fingerprint density at radius 1 is 1.20 bits per heavy atom. The zero-order chi connectivity index (χ0) is 10.9. The van der Waals surface area contributed by atoms with E-state index < -0.39 is 12.6 Å². The van der Waals surface area contributed by atoms with Gasteiger partial charge in [-0.05, 0) is 50.0 Å². The molecule has 15 heavy (non-hydrogen) atoms. The van der Waals surface area contributed by atoms with E-state index in [9.17, 15) is 13.2 Å². The molecule has 2 saturated carbocycles. The lowest BCUT2D eigenvalue weighted by atomic mass is 10.0. The molecule has 0 spiro atoms. The molecule has 88 valence electrons. The molecule has 0 aromatic carbocycles. The third kappa shape index (κ3) is 3.37. The zero-order valence-electron chi connectivity index (χ0n) is 8.87. The summed E-state index contributed by atoms with van der Waals surface area (Å²) >= 11 is 0. The van der Waals surface area contributed by atoms with Gasteiger partial charge in [0.2, 0.25) is 0 Å². The lowest BCUT2D eigenvalue weighted by molar-refractivity contribution is -0.135. The first-order chi connectivity index (χ1) is 7.02. The van der Waals surface area contributed by atoms with Crippen molar-refractivity contribution in [3.05, 3.63) is 0 Å². The van der Waals surface area contributed by atoms with E-state index in [-0.39, 0.29) is 6.42 Å². The molecular weight excluding hydrogens is 203 g/mol. The predicted octanol–water partition coefficient (Wildman–Crippen LogP) is 3.11. The Balaban J connectivity index is 1.52. The molecule has 0 saturated heterocycles. The second-order valence-corrected chi connectivity index (χ2v) is 5.03. The quantitative estimate of drug-likeness (QED) is 0.679. The molecule has 2 fully saturated rings. The van der Waals surface area contributed by atoms with Gasteiger partial charge in [-0.3, -0.25) is 0 Å². The van der Waals surface area contributed by atoms with Gasteiger partial charge in [0, 0.05) is 13.0 Å². The minimum absolute atomic E-state index is 0.213. The van der Waals surface area contributed by atoms with Crippen LogP contribution in [0.4, 0.5) is 13.2 Å². The minimum Gasteiger partial charge on any atom is -0.316 e. The maximum Gasteiger partial charge on any atom is 0.389 e. The SMILES string of the molecule is FC(F)(F)CCCNCC1(C2CC2)CC1. The summed E-state index contributed by atoms with van der Waals surface area (Å²) in [5.74, 6) is 0.882. The fraction of sp³-hybridized carbons (Fsp3) is 1.00. The Hall–Kier alpha value is -0.250. The fourth-order valence-electron chi connectivity index (χ4n) is 2.34. The second kappa shape index (κ2) is 3.96. The molecule has 0 heterocycles. The van der Waals surface area contributed by atoms with Gasteiger partial charge in [0.05, 0.1) is 0 Å². The number of rotatable bonds is 6. The third-order valence-electron chi connectivity index (χ3n) is 3.63. The first-order valence-electron chi connectivity index (χ1n) is 5.79. The molecule has 0 amide bonds. The van der Waals surface area contributed by atoms with Crippen LogP contribution in [0, 0.1) is 11.3 Å². The molecule has 2 aliphatic rings. The summed E-state index contributed by atoms with van der Waals surface area (Å²) < 4.78 is 35.5. The molecule has 0 aliphatic heterocycles. The van der Waals surface area contributed by atoms with Crippen molar-refractivity contribution < 1.29 is 13.2 Å². The van der Waals surface area contributed by atoms with Crippen molar-refractivity contribution >= 4 is 0 Å². The lowest BCUT2D eigenvalue weighted by Gasteiger charge is -2.15. The molecular formula is C11H18F3N. The van der Waals surface area contributed by atoms with Gasteiger partial charge < -0.3 is 5.32 Å². The van der Waals surface area contributed by atoms with Gasteiger partial charge in [-0.15, -0.1) is 0 Å². The summed E-state index contributed by atoms with van der Waals surface area (Å²) in [6.45, 7) is 1.45. The highest BCUT2D eigenvalue weighted by Gasteiger charge is 2.53. The number of halogens is 3. The van der Waals surface area contributed by atoms with Crippen molar-refractivity contribution in [3.63, 3.8) is 0 Å². The van der Waals surface area contributed by atoms with Gasteiger partial charge in [0.1, 0.15) is 0 Å². The number of hydrogen-bond acceptors (Lipinski definition) is 1. The van der Waals surface area contributed by atoms with E-state index in [1.165, 1.54) is 25.7 Å².